The maximum absolute atomic E-state index is 11.3. The Morgan fingerprint density at radius 2 is 1.52 bits per heavy atom. The summed E-state index contributed by atoms with van der Waals surface area (Å²) in [4.78, 5) is 0. The third-order valence-electron chi connectivity index (χ3n) is 9.16. The minimum Gasteiger partial charge on any atom is -0.494 e. The zero-order chi connectivity index (χ0) is 32.1. The van der Waals surface area contributed by atoms with Crippen molar-refractivity contribution in [3.05, 3.63) is 136 Å². The molecule has 2 aliphatic heterocycles. The lowest BCUT2D eigenvalue weighted by Crippen LogP contribution is -2.66. The van der Waals surface area contributed by atoms with E-state index < -0.39 is 42.2 Å². The molecule has 1 unspecified atom stereocenters. The van der Waals surface area contributed by atoms with Gasteiger partial charge in [0.2, 0.25) is 5.79 Å². The molecule has 2 fully saturated rings. The Balaban J connectivity index is 1.40. The lowest BCUT2D eigenvalue weighted by Gasteiger charge is -2.51. The van der Waals surface area contributed by atoms with Gasteiger partial charge in [-0.3, -0.25) is 0 Å². The molecule has 7 nitrogen and oxygen atoms in total. The molecule has 0 aromatic heterocycles. The van der Waals surface area contributed by atoms with Crippen LogP contribution in [0.2, 0.25) is 5.02 Å². The van der Waals surface area contributed by atoms with E-state index in [1.165, 1.54) is 0 Å². The summed E-state index contributed by atoms with van der Waals surface area (Å²) in [6.07, 6.45) is -1.93. The number of rotatable bonds is 13. The first-order valence-corrected chi connectivity index (χ1v) is 16.2. The van der Waals surface area contributed by atoms with Crippen molar-refractivity contribution in [3.63, 3.8) is 0 Å². The fourth-order valence-corrected chi connectivity index (χ4v) is 6.78. The number of aliphatic hydroxyl groups is 2. The molecule has 0 saturated carbocycles. The second-order valence-corrected chi connectivity index (χ2v) is 12.4. The van der Waals surface area contributed by atoms with Gasteiger partial charge in [-0.15, -0.1) is 0 Å². The molecular formula is C38H41ClO7. The van der Waals surface area contributed by atoms with Crippen molar-refractivity contribution in [2.24, 2.45) is 5.92 Å². The van der Waals surface area contributed by atoms with Crippen LogP contribution < -0.4 is 4.74 Å². The summed E-state index contributed by atoms with van der Waals surface area (Å²) in [7, 11) is 0. The predicted octanol–water partition coefficient (Wildman–Crippen LogP) is 6.44. The minimum absolute atomic E-state index is 0.0448. The minimum atomic E-state index is -1.45. The van der Waals surface area contributed by atoms with Crippen molar-refractivity contribution < 1.29 is 33.9 Å². The Kier molecular flexibility index (Phi) is 10.1. The Morgan fingerprint density at radius 1 is 0.870 bits per heavy atom. The van der Waals surface area contributed by atoms with Crippen LogP contribution in [0.3, 0.4) is 0 Å². The Morgan fingerprint density at radius 3 is 2.15 bits per heavy atom. The Labute approximate surface area is 275 Å². The van der Waals surface area contributed by atoms with Gasteiger partial charge in [0.05, 0.1) is 39.1 Å². The number of fused-ring (bicyclic) bond motifs is 2. The van der Waals surface area contributed by atoms with E-state index >= 15 is 0 Å². The highest BCUT2D eigenvalue weighted by atomic mass is 35.5. The first-order chi connectivity index (χ1) is 22.4. The first kappa shape index (κ1) is 32.7. The number of aliphatic hydroxyl groups excluding tert-OH is 2. The number of halogens is 1. The average molecular weight is 645 g/mol. The van der Waals surface area contributed by atoms with Crippen LogP contribution in [0.4, 0.5) is 0 Å². The van der Waals surface area contributed by atoms with Gasteiger partial charge in [0.25, 0.3) is 0 Å². The number of hydrogen-bond acceptors (Lipinski definition) is 7. The van der Waals surface area contributed by atoms with Crippen LogP contribution in [0.15, 0.2) is 103 Å². The molecule has 242 valence electrons. The number of benzene rings is 4. The van der Waals surface area contributed by atoms with Gasteiger partial charge in [-0.25, -0.2) is 0 Å². The van der Waals surface area contributed by atoms with Crippen molar-refractivity contribution in [2.45, 2.75) is 63.2 Å². The topological polar surface area (TPSA) is 86.6 Å². The average Bonchev–Trinajstić information content (AvgIpc) is 3.47. The Bertz CT molecular complexity index is 1570. The largest absolute Gasteiger partial charge is 0.494 e. The van der Waals surface area contributed by atoms with Crippen molar-refractivity contribution in [2.75, 3.05) is 19.8 Å². The summed E-state index contributed by atoms with van der Waals surface area (Å²) in [5.74, 6) is -1.03. The van der Waals surface area contributed by atoms with E-state index in [2.05, 4.69) is 0 Å². The molecule has 0 amide bonds. The highest BCUT2D eigenvalue weighted by Gasteiger charge is 2.69. The lowest BCUT2D eigenvalue weighted by atomic mass is 9.75. The summed E-state index contributed by atoms with van der Waals surface area (Å²) in [5, 5.41) is 22.1. The molecule has 4 aromatic rings. The van der Waals surface area contributed by atoms with Crippen LogP contribution in [0.1, 0.15) is 41.7 Å². The van der Waals surface area contributed by atoms with Gasteiger partial charge in [0, 0.05) is 16.5 Å². The summed E-state index contributed by atoms with van der Waals surface area (Å²) >= 11 is 6.78. The fraction of sp³-hybridized carbons (Fsp3) is 0.368. The molecule has 46 heavy (non-hydrogen) atoms. The van der Waals surface area contributed by atoms with E-state index in [-0.39, 0.29) is 6.61 Å². The molecule has 8 heteroatoms. The number of hydrogen-bond donors (Lipinski definition) is 2. The third kappa shape index (κ3) is 6.46. The summed E-state index contributed by atoms with van der Waals surface area (Å²) in [6.45, 7) is 4.69. The van der Waals surface area contributed by atoms with E-state index in [4.69, 9.17) is 35.3 Å². The van der Waals surface area contributed by atoms with Crippen LogP contribution in [0, 0.1) is 5.92 Å². The standard InChI is InChI=1S/C38H41ClO7/c1-3-42-32-17-14-27(15-18-32)20-30-21-31(16-19-33(30)39)38-36(44-24-29-12-8-5-9-13-29)35(43-23-28-10-6-4-7-11-28)26(2)37(46-38,25-45-38)34(41)22-40/h4-19,21,26,34-36,40-41H,3,20,22-25H2,1-2H3/t26-,34?,35-,36+,37-,38-/m0/s1. The van der Waals surface area contributed by atoms with Gasteiger partial charge >= 0.3 is 0 Å². The molecule has 6 rings (SSSR count). The Hall–Kier alpha value is -3.27. The molecule has 2 heterocycles. The summed E-state index contributed by atoms with van der Waals surface area (Å²) < 4.78 is 32.6. The zero-order valence-electron chi connectivity index (χ0n) is 26.2. The van der Waals surface area contributed by atoms with Crippen molar-refractivity contribution in [1.82, 2.24) is 0 Å². The molecular weight excluding hydrogens is 604 g/mol. The molecule has 0 aliphatic carbocycles. The third-order valence-corrected chi connectivity index (χ3v) is 9.53. The fourth-order valence-electron chi connectivity index (χ4n) is 6.59. The van der Waals surface area contributed by atoms with Gasteiger partial charge < -0.3 is 33.9 Å². The maximum atomic E-state index is 11.3. The van der Waals surface area contributed by atoms with Crippen LogP contribution in [-0.2, 0) is 44.4 Å². The molecule has 0 radical (unpaired) electrons. The smallest absolute Gasteiger partial charge is 0.225 e. The molecule has 2 N–H and O–H groups in total. The lowest BCUT2D eigenvalue weighted by molar-refractivity contribution is -0.345. The summed E-state index contributed by atoms with van der Waals surface area (Å²) in [5.41, 5.74) is 3.40. The van der Waals surface area contributed by atoms with Gasteiger partial charge in [0.15, 0.2) is 0 Å². The number of ether oxygens (including phenoxy) is 5. The van der Waals surface area contributed by atoms with Gasteiger partial charge in [-0.1, -0.05) is 97.4 Å². The van der Waals surface area contributed by atoms with E-state index in [0.717, 1.165) is 28.0 Å². The van der Waals surface area contributed by atoms with E-state index in [0.29, 0.717) is 36.8 Å². The first-order valence-electron chi connectivity index (χ1n) is 15.8. The molecule has 4 aromatic carbocycles. The zero-order valence-corrected chi connectivity index (χ0v) is 26.9. The second-order valence-electron chi connectivity index (χ2n) is 12.0. The maximum Gasteiger partial charge on any atom is 0.225 e. The van der Waals surface area contributed by atoms with Crippen LogP contribution >= 0.6 is 11.6 Å². The highest BCUT2D eigenvalue weighted by molar-refractivity contribution is 6.31. The van der Waals surface area contributed by atoms with Crippen molar-refractivity contribution in [1.29, 1.82) is 0 Å². The molecule has 0 spiro atoms. The van der Waals surface area contributed by atoms with E-state index in [1.807, 2.05) is 117 Å². The normalized spacial score (nSPS) is 26.2. The summed E-state index contributed by atoms with van der Waals surface area (Å²) in [6, 6.07) is 33.5. The quantitative estimate of drug-likeness (QED) is 0.173. The van der Waals surface area contributed by atoms with Crippen molar-refractivity contribution in [3.8, 4) is 5.75 Å². The van der Waals surface area contributed by atoms with Crippen LogP contribution in [-0.4, -0.2) is 53.9 Å². The molecule has 2 saturated heterocycles. The van der Waals surface area contributed by atoms with Gasteiger partial charge in [-0.05, 0) is 59.9 Å². The van der Waals surface area contributed by atoms with Crippen molar-refractivity contribution >= 4 is 11.6 Å². The highest BCUT2D eigenvalue weighted by Crippen LogP contribution is 2.55. The SMILES string of the molecule is CCOc1ccc(Cc2cc([C@]34OC[C@](C(O)CO)(O3)[C@@H](C)[C@H](OCc3ccccc3)[C@H]4OCc3ccccc3)ccc2Cl)cc1. The van der Waals surface area contributed by atoms with Crippen LogP contribution in [0.5, 0.6) is 5.75 Å². The molecule has 6 atom stereocenters. The predicted molar refractivity (Wildman–Crippen MR) is 176 cm³/mol. The molecule has 2 bridgehead atoms. The second kappa shape index (κ2) is 14.2. The van der Waals surface area contributed by atoms with Crippen LogP contribution in [0.25, 0.3) is 0 Å². The van der Waals surface area contributed by atoms with Gasteiger partial charge in [-0.2, -0.15) is 0 Å². The van der Waals surface area contributed by atoms with Gasteiger partial charge in [0.1, 0.15) is 23.6 Å². The monoisotopic (exact) mass is 644 g/mol. The van der Waals surface area contributed by atoms with E-state index in [1.54, 1.807) is 0 Å². The molecule has 2 aliphatic rings. The van der Waals surface area contributed by atoms with E-state index in [9.17, 15) is 10.2 Å².